The number of rotatable bonds is 0. The summed E-state index contributed by atoms with van der Waals surface area (Å²) >= 11 is 0. The van der Waals surface area contributed by atoms with E-state index in [-0.39, 0.29) is 0 Å². The highest BCUT2D eigenvalue weighted by molar-refractivity contribution is 6.04. The Hall–Kier alpha value is -1.31. The molecule has 1 aromatic carbocycles. The molecule has 1 aromatic rings. The Balaban J connectivity index is 2.35. The van der Waals surface area contributed by atoms with Crippen molar-refractivity contribution in [1.82, 2.24) is 0 Å². The van der Waals surface area contributed by atoms with Gasteiger partial charge in [0.15, 0.2) is 0 Å². The third kappa shape index (κ3) is 0.589. The number of fused-ring (bicyclic) bond motifs is 2. The van der Waals surface area contributed by atoms with Crippen molar-refractivity contribution in [2.45, 2.75) is 6.42 Å². The Morgan fingerprint density at radius 1 is 1.18 bits per heavy atom. The van der Waals surface area contributed by atoms with E-state index in [1.54, 1.807) is 0 Å². The molecule has 4 rings (SSSR count). The minimum absolute atomic E-state index is 1.06. The molecule has 3 heterocycles. The molecule has 4 bridgehead atoms. The Morgan fingerprint density at radius 2 is 2.00 bits per heavy atom. The Kier molecular flexibility index (Phi) is 0.799. The maximum Gasteiger partial charge on any atom is 0.0700 e. The molecule has 0 aliphatic carbocycles. The normalized spacial score (nSPS) is 18.5. The topological polar surface area (TPSA) is 15.6 Å². The van der Waals surface area contributed by atoms with E-state index >= 15 is 0 Å². The molecular formula is C9H8N2. The van der Waals surface area contributed by atoms with Gasteiger partial charge in [-0.1, -0.05) is 12.1 Å². The number of hydrazone groups is 1. The third-order valence-corrected chi connectivity index (χ3v) is 2.30. The van der Waals surface area contributed by atoms with Crippen LogP contribution in [0.5, 0.6) is 0 Å². The van der Waals surface area contributed by atoms with E-state index in [9.17, 15) is 0 Å². The number of nitrogens with zero attached hydrogens (tertiary/aromatic N) is 2. The predicted octanol–water partition coefficient (Wildman–Crippen LogP) is 1.61. The third-order valence-electron chi connectivity index (χ3n) is 2.30. The molecule has 3 aliphatic rings. The molecule has 0 radical (unpaired) electrons. The fourth-order valence-corrected chi connectivity index (χ4v) is 1.67. The first-order chi connectivity index (χ1) is 5.43. The van der Waals surface area contributed by atoms with Gasteiger partial charge in [-0.3, -0.25) is 5.01 Å². The van der Waals surface area contributed by atoms with Crippen LogP contribution >= 0.6 is 0 Å². The summed E-state index contributed by atoms with van der Waals surface area (Å²) in [4.78, 5) is 0. The highest BCUT2D eigenvalue weighted by Crippen LogP contribution is 2.26. The molecule has 0 fully saturated rings. The number of hydrogen-bond donors (Lipinski definition) is 0. The van der Waals surface area contributed by atoms with Crippen molar-refractivity contribution in [3.05, 3.63) is 29.8 Å². The van der Waals surface area contributed by atoms with Crippen LogP contribution in [0.25, 0.3) is 0 Å². The lowest BCUT2D eigenvalue weighted by molar-refractivity contribution is 0.921. The van der Waals surface area contributed by atoms with Crippen molar-refractivity contribution in [2.75, 3.05) is 11.6 Å². The number of anilines is 1. The minimum Gasteiger partial charge on any atom is -0.265 e. The van der Waals surface area contributed by atoms with E-state index < -0.39 is 0 Å². The van der Waals surface area contributed by atoms with Crippen LogP contribution in [0.2, 0.25) is 0 Å². The molecule has 2 heteroatoms. The summed E-state index contributed by atoms with van der Waals surface area (Å²) in [5, 5.41) is 6.53. The fraction of sp³-hybridized carbons (Fsp3) is 0.222. The quantitative estimate of drug-likeness (QED) is 0.540. The van der Waals surface area contributed by atoms with Gasteiger partial charge in [0.2, 0.25) is 0 Å². The Morgan fingerprint density at radius 3 is 2.82 bits per heavy atom. The molecule has 0 N–H and O–H groups in total. The predicted molar refractivity (Wildman–Crippen MR) is 44.9 cm³/mol. The van der Waals surface area contributed by atoms with Crippen LogP contribution in [-0.2, 0) is 0 Å². The minimum atomic E-state index is 1.06. The molecule has 0 amide bonds. The van der Waals surface area contributed by atoms with Crippen molar-refractivity contribution >= 4 is 11.4 Å². The van der Waals surface area contributed by atoms with Crippen molar-refractivity contribution in [1.29, 1.82) is 0 Å². The molecule has 0 spiro atoms. The van der Waals surface area contributed by atoms with E-state index in [4.69, 9.17) is 0 Å². The van der Waals surface area contributed by atoms with E-state index in [0.717, 1.165) is 13.0 Å². The molecule has 0 saturated heterocycles. The van der Waals surface area contributed by atoms with Gasteiger partial charge in [-0.25, -0.2) is 0 Å². The van der Waals surface area contributed by atoms with Crippen LogP contribution in [0.15, 0.2) is 29.4 Å². The summed E-state index contributed by atoms with van der Waals surface area (Å²) in [6, 6.07) is 8.55. The average Bonchev–Trinajstić information content (AvgIpc) is 2.38. The second-order valence-electron chi connectivity index (χ2n) is 2.97. The lowest BCUT2D eigenvalue weighted by Gasteiger charge is -2.12. The van der Waals surface area contributed by atoms with Gasteiger partial charge in [0, 0.05) is 13.0 Å². The maximum absolute atomic E-state index is 4.46. The smallest absolute Gasteiger partial charge is 0.0700 e. The van der Waals surface area contributed by atoms with Crippen LogP contribution in [0.3, 0.4) is 0 Å². The summed E-state index contributed by atoms with van der Waals surface area (Å²) < 4.78 is 0. The van der Waals surface area contributed by atoms with Gasteiger partial charge in [0.25, 0.3) is 0 Å². The van der Waals surface area contributed by atoms with Crippen LogP contribution in [0.1, 0.15) is 12.0 Å². The van der Waals surface area contributed by atoms with Crippen molar-refractivity contribution in [3.8, 4) is 0 Å². The lowest BCUT2D eigenvalue weighted by Crippen LogP contribution is -2.11. The van der Waals surface area contributed by atoms with Gasteiger partial charge in [-0.15, -0.1) is 0 Å². The zero-order valence-corrected chi connectivity index (χ0v) is 6.12. The number of benzene rings is 1. The zero-order valence-electron chi connectivity index (χ0n) is 6.12. The first-order valence-electron chi connectivity index (χ1n) is 3.89. The van der Waals surface area contributed by atoms with Gasteiger partial charge < -0.3 is 0 Å². The van der Waals surface area contributed by atoms with Gasteiger partial charge in [-0.2, -0.15) is 5.10 Å². The van der Waals surface area contributed by atoms with E-state index in [2.05, 4.69) is 34.4 Å². The second-order valence-corrected chi connectivity index (χ2v) is 2.97. The van der Waals surface area contributed by atoms with Gasteiger partial charge >= 0.3 is 0 Å². The fourth-order valence-electron chi connectivity index (χ4n) is 1.67. The molecule has 0 atom stereocenters. The largest absolute Gasteiger partial charge is 0.265 e. The summed E-state index contributed by atoms with van der Waals surface area (Å²) in [5.41, 5.74) is 3.75. The molecule has 11 heavy (non-hydrogen) atoms. The van der Waals surface area contributed by atoms with E-state index in [1.807, 2.05) is 0 Å². The second kappa shape index (κ2) is 1.64. The summed E-state index contributed by atoms with van der Waals surface area (Å²) in [6.07, 6.45) is 1.10. The number of hydrogen-bond acceptors (Lipinski definition) is 2. The molecule has 0 saturated carbocycles. The molecule has 0 aromatic heterocycles. The first-order valence-corrected chi connectivity index (χ1v) is 3.89. The molecular weight excluding hydrogens is 136 g/mol. The van der Waals surface area contributed by atoms with Crippen molar-refractivity contribution in [2.24, 2.45) is 5.10 Å². The molecule has 54 valence electrons. The summed E-state index contributed by atoms with van der Waals surface area (Å²) in [5.74, 6) is 0. The average molecular weight is 144 g/mol. The van der Waals surface area contributed by atoms with Crippen LogP contribution in [0, 0.1) is 0 Å². The molecule has 0 unspecified atom stereocenters. The summed E-state index contributed by atoms with van der Waals surface area (Å²) in [7, 11) is 0. The first kappa shape index (κ1) is 5.35. The van der Waals surface area contributed by atoms with Crippen LogP contribution in [-0.4, -0.2) is 12.3 Å². The Labute approximate surface area is 65.1 Å². The van der Waals surface area contributed by atoms with E-state index in [1.165, 1.54) is 17.0 Å². The SMILES string of the molecule is c1cc2ccc1C1=NN2CC1. The zero-order chi connectivity index (χ0) is 7.26. The van der Waals surface area contributed by atoms with E-state index in [0.29, 0.717) is 0 Å². The van der Waals surface area contributed by atoms with Crippen LogP contribution in [0.4, 0.5) is 5.69 Å². The monoisotopic (exact) mass is 144 g/mol. The lowest BCUT2D eigenvalue weighted by atomic mass is 10.1. The highest BCUT2D eigenvalue weighted by atomic mass is 15.5. The van der Waals surface area contributed by atoms with Gasteiger partial charge in [0.05, 0.1) is 11.4 Å². The Bertz CT molecular complexity index is 324. The summed E-state index contributed by atoms with van der Waals surface area (Å²) in [6.45, 7) is 1.06. The standard InChI is InChI=1S/C9H8N2/c1-3-8-4-2-7(1)9-5-6-11(8)10-9/h1-4H,5-6H2. The maximum atomic E-state index is 4.46. The van der Waals surface area contributed by atoms with Crippen LogP contribution < -0.4 is 5.01 Å². The van der Waals surface area contributed by atoms with Crippen molar-refractivity contribution < 1.29 is 0 Å². The van der Waals surface area contributed by atoms with Crippen molar-refractivity contribution in [3.63, 3.8) is 0 Å². The molecule has 3 aliphatic heterocycles. The molecule has 2 nitrogen and oxygen atoms in total. The van der Waals surface area contributed by atoms with Gasteiger partial charge in [-0.05, 0) is 17.7 Å². The highest BCUT2D eigenvalue weighted by Gasteiger charge is 2.20. The van der Waals surface area contributed by atoms with Gasteiger partial charge in [0.1, 0.15) is 0 Å².